The Labute approximate surface area is 140 Å². The molecule has 0 aliphatic carbocycles. The lowest BCUT2D eigenvalue weighted by atomic mass is 10.2. The summed E-state index contributed by atoms with van der Waals surface area (Å²) in [4.78, 5) is 12.2. The Balaban J connectivity index is 2.28. The average Bonchev–Trinajstić information content (AvgIpc) is 2.37. The lowest BCUT2D eigenvalue weighted by Gasteiger charge is -2.10. The van der Waals surface area contributed by atoms with Crippen molar-refractivity contribution in [1.29, 1.82) is 0 Å². The molecule has 0 saturated heterocycles. The summed E-state index contributed by atoms with van der Waals surface area (Å²) in [5.41, 5.74) is 1.22. The molecule has 2 aromatic carbocycles. The second-order valence-electron chi connectivity index (χ2n) is 3.68. The van der Waals surface area contributed by atoms with Crippen molar-refractivity contribution in [1.82, 2.24) is 0 Å². The SMILES string of the molecule is O=C(Nc1c(Br)cccc1Br)c1ccc(Cl)c(Br)c1. The number of halogens is 4. The highest BCUT2D eigenvalue weighted by molar-refractivity contribution is 9.11. The first kappa shape index (κ1) is 15.0. The summed E-state index contributed by atoms with van der Waals surface area (Å²) >= 11 is 16.0. The van der Waals surface area contributed by atoms with Crippen LogP contribution >= 0.6 is 59.4 Å². The third-order valence-electron chi connectivity index (χ3n) is 2.38. The van der Waals surface area contributed by atoms with Crippen molar-refractivity contribution in [3.63, 3.8) is 0 Å². The minimum Gasteiger partial charge on any atom is -0.320 e. The highest BCUT2D eigenvalue weighted by atomic mass is 79.9. The Kier molecular flexibility index (Phi) is 5.06. The molecule has 0 atom stereocenters. The minimum absolute atomic E-state index is 0.204. The first-order valence-corrected chi connectivity index (χ1v) is 7.95. The second kappa shape index (κ2) is 6.39. The molecule has 0 spiro atoms. The molecule has 0 heterocycles. The van der Waals surface area contributed by atoms with Crippen molar-refractivity contribution in [2.75, 3.05) is 5.32 Å². The number of anilines is 1. The zero-order chi connectivity index (χ0) is 14.0. The number of hydrogen-bond acceptors (Lipinski definition) is 1. The summed E-state index contributed by atoms with van der Waals surface area (Å²) in [5.74, 6) is -0.204. The van der Waals surface area contributed by atoms with Gasteiger partial charge in [-0.25, -0.2) is 0 Å². The van der Waals surface area contributed by atoms with E-state index < -0.39 is 0 Å². The highest BCUT2D eigenvalue weighted by Crippen LogP contribution is 2.31. The van der Waals surface area contributed by atoms with Crippen LogP contribution in [0.3, 0.4) is 0 Å². The fourth-order valence-electron chi connectivity index (χ4n) is 1.44. The molecule has 6 heteroatoms. The van der Waals surface area contributed by atoms with E-state index in [1.807, 2.05) is 18.2 Å². The van der Waals surface area contributed by atoms with E-state index in [2.05, 4.69) is 53.1 Å². The number of rotatable bonds is 2. The highest BCUT2D eigenvalue weighted by Gasteiger charge is 2.12. The van der Waals surface area contributed by atoms with Crippen LogP contribution in [-0.2, 0) is 0 Å². The quantitative estimate of drug-likeness (QED) is 0.586. The van der Waals surface area contributed by atoms with Crippen LogP contribution in [0.4, 0.5) is 5.69 Å². The molecule has 0 unspecified atom stereocenters. The Morgan fingerprint density at radius 1 is 1.00 bits per heavy atom. The van der Waals surface area contributed by atoms with E-state index >= 15 is 0 Å². The molecule has 0 aromatic heterocycles. The Hall–Kier alpha value is -0.360. The molecule has 1 amide bonds. The molecule has 2 aromatic rings. The molecule has 0 aliphatic rings. The van der Waals surface area contributed by atoms with Crippen LogP contribution in [0, 0.1) is 0 Å². The van der Waals surface area contributed by atoms with Gasteiger partial charge in [0.1, 0.15) is 0 Å². The Bertz CT molecular complexity index is 626. The van der Waals surface area contributed by atoms with Crippen molar-refractivity contribution in [2.45, 2.75) is 0 Å². The maximum Gasteiger partial charge on any atom is 0.255 e. The molecule has 2 nitrogen and oxygen atoms in total. The fraction of sp³-hybridized carbons (Fsp3) is 0. The number of nitrogens with one attached hydrogen (secondary N) is 1. The maximum atomic E-state index is 12.2. The first-order chi connectivity index (χ1) is 8.99. The van der Waals surface area contributed by atoms with Crippen LogP contribution in [0.1, 0.15) is 10.4 Å². The number of carbonyl (C=O) groups excluding carboxylic acids is 1. The van der Waals surface area contributed by atoms with E-state index in [9.17, 15) is 4.79 Å². The molecule has 0 saturated carbocycles. The molecule has 0 aliphatic heterocycles. The summed E-state index contributed by atoms with van der Waals surface area (Å²) in [6.07, 6.45) is 0. The molecule has 19 heavy (non-hydrogen) atoms. The van der Waals surface area contributed by atoms with Gasteiger partial charge in [0.15, 0.2) is 0 Å². The van der Waals surface area contributed by atoms with Gasteiger partial charge in [0.25, 0.3) is 5.91 Å². The topological polar surface area (TPSA) is 29.1 Å². The van der Waals surface area contributed by atoms with Crippen molar-refractivity contribution in [3.05, 3.63) is 60.4 Å². The van der Waals surface area contributed by atoms with Crippen LogP contribution in [0.2, 0.25) is 5.02 Å². The van der Waals surface area contributed by atoms with Gasteiger partial charge in [-0.1, -0.05) is 17.7 Å². The predicted octanol–water partition coefficient (Wildman–Crippen LogP) is 5.88. The van der Waals surface area contributed by atoms with Crippen molar-refractivity contribution < 1.29 is 4.79 Å². The van der Waals surface area contributed by atoms with E-state index in [1.54, 1.807) is 18.2 Å². The average molecular weight is 468 g/mol. The summed E-state index contributed by atoms with van der Waals surface area (Å²) < 4.78 is 2.31. The summed E-state index contributed by atoms with van der Waals surface area (Å²) in [7, 11) is 0. The zero-order valence-electron chi connectivity index (χ0n) is 9.38. The lowest BCUT2D eigenvalue weighted by Crippen LogP contribution is -2.12. The summed E-state index contributed by atoms with van der Waals surface area (Å²) in [6.45, 7) is 0. The van der Waals surface area contributed by atoms with Gasteiger partial charge in [0.05, 0.1) is 10.7 Å². The molecule has 98 valence electrons. The second-order valence-corrected chi connectivity index (χ2v) is 6.65. The van der Waals surface area contributed by atoms with Crippen molar-refractivity contribution >= 4 is 71.0 Å². The first-order valence-electron chi connectivity index (χ1n) is 5.19. The van der Waals surface area contributed by atoms with E-state index in [0.717, 1.165) is 8.95 Å². The summed E-state index contributed by atoms with van der Waals surface area (Å²) in [6, 6.07) is 10.6. The fourth-order valence-corrected chi connectivity index (χ4v) is 3.13. The number of carbonyl (C=O) groups is 1. The number of amides is 1. The van der Waals surface area contributed by atoms with Crippen molar-refractivity contribution in [2.24, 2.45) is 0 Å². The molecule has 0 radical (unpaired) electrons. The monoisotopic (exact) mass is 465 g/mol. The smallest absolute Gasteiger partial charge is 0.255 e. The van der Waals surface area contributed by atoms with Crippen molar-refractivity contribution in [3.8, 4) is 0 Å². The third kappa shape index (κ3) is 3.60. The molecule has 2 rings (SSSR count). The van der Waals surface area contributed by atoms with Gasteiger partial charge in [0.2, 0.25) is 0 Å². The summed E-state index contributed by atoms with van der Waals surface area (Å²) in [5, 5.41) is 3.41. The van der Waals surface area contributed by atoms with Gasteiger partial charge in [-0.05, 0) is 78.1 Å². The molecular formula is C13H7Br3ClNO. The molecular weight excluding hydrogens is 461 g/mol. The van der Waals surface area contributed by atoms with Gasteiger partial charge in [0, 0.05) is 19.0 Å². The van der Waals surface area contributed by atoms with Crippen LogP contribution in [-0.4, -0.2) is 5.91 Å². The van der Waals surface area contributed by atoms with Gasteiger partial charge >= 0.3 is 0 Å². The number of benzene rings is 2. The lowest BCUT2D eigenvalue weighted by molar-refractivity contribution is 0.102. The van der Waals surface area contributed by atoms with Crippen LogP contribution in [0.5, 0.6) is 0 Å². The van der Waals surface area contributed by atoms with E-state index in [0.29, 0.717) is 20.7 Å². The van der Waals surface area contributed by atoms with E-state index in [-0.39, 0.29) is 5.91 Å². The van der Waals surface area contributed by atoms with Crippen LogP contribution < -0.4 is 5.32 Å². The molecule has 1 N–H and O–H groups in total. The zero-order valence-corrected chi connectivity index (χ0v) is 14.9. The minimum atomic E-state index is -0.204. The van der Waals surface area contributed by atoms with E-state index in [1.165, 1.54) is 0 Å². The van der Waals surface area contributed by atoms with Gasteiger partial charge in [-0.2, -0.15) is 0 Å². The predicted molar refractivity (Wildman–Crippen MR) is 88.9 cm³/mol. The van der Waals surface area contributed by atoms with E-state index in [4.69, 9.17) is 11.6 Å². The Morgan fingerprint density at radius 3 is 2.21 bits per heavy atom. The van der Waals surface area contributed by atoms with Gasteiger partial charge in [-0.3, -0.25) is 4.79 Å². The number of hydrogen-bond donors (Lipinski definition) is 1. The molecule has 0 fully saturated rings. The van der Waals surface area contributed by atoms with Gasteiger partial charge < -0.3 is 5.32 Å². The largest absolute Gasteiger partial charge is 0.320 e. The standard InChI is InChI=1S/C13H7Br3ClNO/c14-8-2-1-3-9(15)12(8)18-13(19)7-4-5-11(17)10(16)6-7/h1-6H,(H,18,19). The maximum absolute atomic E-state index is 12.2. The van der Waals surface area contributed by atoms with Gasteiger partial charge in [-0.15, -0.1) is 0 Å². The Morgan fingerprint density at radius 2 is 1.63 bits per heavy atom. The number of para-hydroxylation sites is 1. The third-order valence-corrected chi connectivity index (χ3v) is 4.92. The van der Waals surface area contributed by atoms with Crippen LogP contribution in [0.25, 0.3) is 0 Å². The van der Waals surface area contributed by atoms with Crippen LogP contribution in [0.15, 0.2) is 49.8 Å². The normalized spacial score (nSPS) is 10.3. The molecule has 0 bridgehead atoms.